The molecule has 0 aliphatic carbocycles. The predicted molar refractivity (Wildman–Crippen MR) is 78.1 cm³/mol. The summed E-state index contributed by atoms with van der Waals surface area (Å²) in [7, 11) is -0.780. The van der Waals surface area contributed by atoms with E-state index in [9.17, 15) is 13.5 Å². The number of aliphatic hydroxyl groups is 1. The van der Waals surface area contributed by atoms with Crippen molar-refractivity contribution < 1.29 is 23.0 Å². The van der Waals surface area contributed by atoms with E-state index in [1.165, 1.54) is 24.6 Å². The van der Waals surface area contributed by atoms with Crippen molar-refractivity contribution in [1.82, 2.24) is 4.31 Å². The Kier molecular flexibility index (Phi) is 4.75. The molecule has 0 amide bonds. The first-order valence-electron chi connectivity index (χ1n) is 6.80. The highest BCUT2D eigenvalue weighted by atomic mass is 32.2. The number of sulfonamides is 1. The molecule has 2 unspecified atom stereocenters. The van der Waals surface area contributed by atoms with Crippen LogP contribution < -0.4 is 9.47 Å². The highest BCUT2D eigenvalue weighted by Crippen LogP contribution is 2.35. The Labute approximate surface area is 125 Å². The van der Waals surface area contributed by atoms with Gasteiger partial charge in [0.15, 0.2) is 0 Å². The zero-order valence-corrected chi connectivity index (χ0v) is 13.3. The molecule has 2 rings (SSSR count). The Morgan fingerprint density at radius 1 is 1.33 bits per heavy atom. The lowest BCUT2D eigenvalue weighted by Gasteiger charge is -2.25. The quantitative estimate of drug-likeness (QED) is 0.880. The third-order valence-electron chi connectivity index (χ3n) is 3.98. The Bertz CT molecular complexity index is 601. The Hall–Kier alpha value is -1.31. The van der Waals surface area contributed by atoms with Crippen LogP contribution in [0.2, 0.25) is 0 Å². The van der Waals surface area contributed by atoms with E-state index in [0.717, 1.165) is 6.42 Å². The van der Waals surface area contributed by atoms with E-state index in [0.29, 0.717) is 12.3 Å². The van der Waals surface area contributed by atoms with Gasteiger partial charge in [0, 0.05) is 12.6 Å². The van der Waals surface area contributed by atoms with E-state index in [4.69, 9.17) is 9.47 Å². The first kappa shape index (κ1) is 16.1. The van der Waals surface area contributed by atoms with Crippen LogP contribution in [0, 0.1) is 5.92 Å². The van der Waals surface area contributed by atoms with E-state index in [1.54, 1.807) is 12.1 Å². The number of ether oxygens (including phenoxy) is 2. The molecule has 0 spiro atoms. The standard InChI is InChI=1S/C14H21NO5S/c1-10-6-7-15(12(10)9-16)21(17,18)14-5-4-11(19-2)8-13(14)20-3/h4-5,8,10,12,16H,6-7,9H2,1-3H3. The molecule has 1 aromatic rings. The minimum Gasteiger partial charge on any atom is -0.497 e. The summed E-state index contributed by atoms with van der Waals surface area (Å²) in [6.07, 6.45) is 0.739. The molecule has 118 valence electrons. The maximum Gasteiger partial charge on any atom is 0.247 e. The molecule has 0 radical (unpaired) electrons. The zero-order valence-electron chi connectivity index (χ0n) is 12.4. The van der Waals surface area contributed by atoms with Crippen LogP contribution in [0.5, 0.6) is 11.5 Å². The van der Waals surface area contributed by atoms with Gasteiger partial charge in [0.1, 0.15) is 16.4 Å². The van der Waals surface area contributed by atoms with Crippen molar-refractivity contribution in [2.75, 3.05) is 27.4 Å². The second kappa shape index (κ2) is 6.21. The summed E-state index contributed by atoms with van der Waals surface area (Å²) in [5, 5.41) is 9.47. The average molecular weight is 315 g/mol. The average Bonchev–Trinajstić information content (AvgIpc) is 2.87. The van der Waals surface area contributed by atoms with Crippen LogP contribution in [0.15, 0.2) is 23.1 Å². The summed E-state index contributed by atoms with van der Waals surface area (Å²) >= 11 is 0. The van der Waals surface area contributed by atoms with Crippen molar-refractivity contribution in [3.8, 4) is 11.5 Å². The van der Waals surface area contributed by atoms with Crippen molar-refractivity contribution in [2.24, 2.45) is 5.92 Å². The number of hydrogen-bond donors (Lipinski definition) is 1. The molecule has 1 saturated heterocycles. The van der Waals surface area contributed by atoms with Crippen molar-refractivity contribution in [3.63, 3.8) is 0 Å². The number of rotatable bonds is 5. The maximum atomic E-state index is 12.8. The SMILES string of the molecule is COc1ccc(S(=O)(=O)N2CCC(C)C2CO)c(OC)c1. The second-order valence-corrected chi connectivity index (χ2v) is 7.01. The summed E-state index contributed by atoms with van der Waals surface area (Å²) in [5.74, 6) is 0.902. The fourth-order valence-corrected chi connectivity index (χ4v) is 4.52. The summed E-state index contributed by atoms with van der Waals surface area (Å²) < 4.78 is 37.3. The number of aliphatic hydroxyl groups excluding tert-OH is 1. The van der Waals surface area contributed by atoms with Crippen LogP contribution in [0.1, 0.15) is 13.3 Å². The lowest BCUT2D eigenvalue weighted by molar-refractivity contribution is 0.191. The van der Waals surface area contributed by atoms with E-state index in [-0.39, 0.29) is 29.2 Å². The van der Waals surface area contributed by atoms with Crippen molar-refractivity contribution in [1.29, 1.82) is 0 Å². The molecular formula is C14H21NO5S. The van der Waals surface area contributed by atoms with Gasteiger partial charge < -0.3 is 14.6 Å². The smallest absolute Gasteiger partial charge is 0.247 e. The third-order valence-corrected chi connectivity index (χ3v) is 5.94. The summed E-state index contributed by atoms with van der Waals surface area (Å²) in [5.41, 5.74) is 0. The normalized spacial score (nSPS) is 23.2. The first-order chi connectivity index (χ1) is 9.95. The molecule has 0 saturated carbocycles. The van der Waals surface area contributed by atoms with Gasteiger partial charge in [0.2, 0.25) is 10.0 Å². The lowest BCUT2D eigenvalue weighted by Crippen LogP contribution is -2.39. The van der Waals surface area contributed by atoms with Crippen LogP contribution in [0.25, 0.3) is 0 Å². The molecule has 21 heavy (non-hydrogen) atoms. The fraction of sp³-hybridized carbons (Fsp3) is 0.571. The van der Waals surface area contributed by atoms with Gasteiger partial charge in [0.25, 0.3) is 0 Å². The van der Waals surface area contributed by atoms with Crippen LogP contribution in [-0.4, -0.2) is 51.2 Å². The van der Waals surface area contributed by atoms with Gasteiger partial charge in [-0.25, -0.2) is 8.42 Å². The Morgan fingerprint density at radius 2 is 2.05 bits per heavy atom. The van der Waals surface area contributed by atoms with Crippen molar-refractivity contribution in [2.45, 2.75) is 24.3 Å². The molecule has 7 heteroatoms. The topological polar surface area (TPSA) is 76.1 Å². The molecule has 1 fully saturated rings. The minimum absolute atomic E-state index is 0.0957. The van der Waals surface area contributed by atoms with Gasteiger partial charge in [-0.05, 0) is 24.5 Å². The van der Waals surface area contributed by atoms with Gasteiger partial charge in [-0.1, -0.05) is 6.92 Å². The molecule has 0 bridgehead atoms. The van der Waals surface area contributed by atoms with Crippen LogP contribution >= 0.6 is 0 Å². The number of hydrogen-bond acceptors (Lipinski definition) is 5. The highest BCUT2D eigenvalue weighted by Gasteiger charge is 2.40. The third kappa shape index (κ3) is 2.86. The monoisotopic (exact) mass is 315 g/mol. The number of nitrogens with zero attached hydrogens (tertiary/aromatic N) is 1. The van der Waals surface area contributed by atoms with E-state index in [2.05, 4.69) is 0 Å². The fourth-order valence-electron chi connectivity index (χ4n) is 2.66. The van der Waals surface area contributed by atoms with Crippen LogP contribution in [0.3, 0.4) is 0 Å². The van der Waals surface area contributed by atoms with Gasteiger partial charge in [-0.15, -0.1) is 0 Å². The van der Waals surface area contributed by atoms with Gasteiger partial charge in [0.05, 0.1) is 26.9 Å². The van der Waals surface area contributed by atoms with E-state index in [1.807, 2.05) is 6.92 Å². The predicted octanol–water partition coefficient (Wildman–Crippen LogP) is 1.10. The molecule has 1 aliphatic rings. The summed E-state index contributed by atoms with van der Waals surface area (Å²) in [6, 6.07) is 4.22. The first-order valence-corrected chi connectivity index (χ1v) is 8.24. The molecule has 6 nitrogen and oxygen atoms in total. The summed E-state index contributed by atoms with van der Waals surface area (Å²) in [4.78, 5) is 0.0957. The molecule has 1 heterocycles. The van der Waals surface area contributed by atoms with Crippen LogP contribution in [0.4, 0.5) is 0 Å². The number of methoxy groups -OCH3 is 2. The minimum atomic E-state index is -3.71. The Morgan fingerprint density at radius 3 is 2.62 bits per heavy atom. The molecular weight excluding hydrogens is 294 g/mol. The second-order valence-electron chi connectivity index (χ2n) is 5.15. The highest BCUT2D eigenvalue weighted by molar-refractivity contribution is 7.89. The van der Waals surface area contributed by atoms with Crippen molar-refractivity contribution >= 4 is 10.0 Å². The summed E-state index contributed by atoms with van der Waals surface area (Å²) in [6.45, 7) is 2.17. The Balaban J connectivity index is 2.44. The largest absolute Gasteiger partial charge is 0.497 e. The molecule has 0 aromatic heterocycles. The molecule has 1 aliphatic heterocycles. The van der Waals surface area contributed by atoms with Gasteiger partial charge in [-0.3, -0.25) is 0 Å². The van der Waals surface area contributed by atoms with Gasteiger partial charge >= 0.3 is 0 Å². The molecule has 1 aromatic carbocycles. The molecule has 2 atom stereocenters. The van der Waals surface area contributed by atoms with Crippen molar-refractivity contribution in [3.05, 3.63) is 18.2 Å². The van der Waals surface area contributed by atoms with Gasteiger partial charge in [-0.2, -0.15) is 4.31 Å². The lowest BCUT2D eigenvalue weighted by atomic mass is 10.0. The van der Waals surface area contributed by atoms with Crippen LogP contribution in [-0.2, 0) is 10.0 Å². The number of benzene rings is 1. The maximum absolute atomic E-state index is 12.8. The van der Waals surface area contributed by atoms with E-state index >= 15 is 0 Å². The molecule has 1 N–H and O–H groups in total. The van der Waals surface area contributed by atoms with E-state index < -0.39 is 10.0 Å². The zero-order chi connectivity index (χ0) is 15.6.